The molecule has 0 saturated heterocycles. The Morgan fingerprint density at radius 2 is 1.91 bits per heavy atom. The van der Waals surface area contributed by atoms with Gasteiger partial charge in [-0.3, -0.25) is 19.3 Å². The van der Waals surface area contributed by atoms with Gasteiger partial charge in [0.05, 0.1) is 29.5 Å². The Hall–Kier alpha value is -3.42. The summed E-state index contributed by atoms with van der Waals surface area (Å²) < 4.78 is 10.4. The molecule has 0 bridgehead atoms. The number of fused-ring (bicyclic) bond motifs is 1. The average molecular weight is 438 g/mol. The van der Waals surface area contributed by atoms with Crippen LogP contribution < -0.4 is 5.32 Å². The fourth-order valence-electron chi connectivity index (χ4n) is 4.37. The Labute approximate surface area is 185 Å². The number of esters is 1. The van der Waals surface area contributed by atoms with Crippen molar-refractivity contribution in [3.63, 3.8) is 0 Å². The lowest BCUT2D eigenvalue weighted by atomic mass is 9.78. The lowest BCUT2D eigenvalue weighted by molar-refractivity contribution is -0.125. The van der Waals surface area contributed by atoms with Gasteiger partial charge >= 0.3 is 5.97 Å². The minimum Gasteiger partial charge on any atom is -0.467 e. The number of rotatable bonds is 6. The number of furan rings is 1. The molecule has 1 aromatic heterocycles. The summed E-state index contributed by atoms with van der Waals surface area (Å²) in [6, 6.07) is 7.61. The van der Waals surface area contributed by atoms with Crippen LogP contribution in [0.1, 0.15) is 69.9 Å². The van der Waals surface area contributed by atoms with Gasteiger partial charge in [-0.2, -0.15) is 0 Å². The SMILES string of the molecule is C[C@@H]1[C@@H](C)CCC[C@H]1NC(=O)COC(=O)c1ccc2c(c1)C(=O)N(Cc1ccco1)C2=O. The van der Waals surface area contributed by atoms with Crippen molar-refractivity contribution in [2.75, 3.05) is 6.61 Å². The van der Waals surface area contributed by atoms with Crippen LogP contribution in [0.3, 0.4) is 0 Å². The maximum Gasteiger partial charge on any atom is 0.338 e. The van der Waals surface area contributed by atoms with Crippen LogP contribution in [-0.2, 0) is 16.1 Å². The minimum atomic E-state index is -0.724. The van der Waals surface area contributed by atoms with Gasteiger partial charge in [0.25, 0.3) is 17.7 Å². The fraction of sp³-hybridized carbons (Fsp3) is 0.417. The number of nitrogens with one attached hydrogen (secondary N) is 1. The summed E-state index contributed by atoms with van der Waals surface area (Å²) >= 11 is 0. The molecule has 0 radical (unpaired) electrons. The molecule has 8 heteroatoms. The molecule has 0 spiro atoms. The van der Waals surface area contributed by atoms with Crippen molar-refractivity contribution < 1.29 is 28.3 Å². The van der Waals surface area contributed by atoms with Gasteiger partial charge in [0, 0.05) is 6.04 Å². The first kappa shape index (κ1) is 21.8. The lowest BCUT2D eigenvalue weighted by Gasteiger charge is -2.34. The quantitative estimate of drug-likeness (QED) is 0.549. The molecule has 32 heavy (non-hydrogen) atoms. The largest absolute Gasteiger partial charge is 0.467 e. The number of amides is 3. The number of carbonyl (C=O) groups excluding carboxylic acids is 4. The predicted octanol–water partition coefficient (Wildman–Crippen LogP) is 3.17. The van der Waals surface area contributed by atoms with Gasteiger partial charge in [0.1, 0.15) is 5.76 Å². The molecule has 1 N–H and O–H groups in total. The summed E-state index contributed by atoms with van der Waals surface area (Å²) in [4.78, 5) is 51.1. The third kappa shape index (κ3) is 4.30. The van der Waals surface area contributed by atoms with Gasteiger partial charge < -0.3 is 14.5 Å². The van der Waals surface area contributed by atoms with Gasteiger partial charge in [-0.25, -0.2) is 4.79 Å². The second-order valence-corrected chi connectivity index (χ2v) is 8.55. The predicted molar refractivity (Wildman–Crippen MR) is 114 cm³/mol. The zero-order chi connectivity index (χ0) is 22.8. The van der Waals surface area contributed by atoms with Crippen molar-refractivity contribution in [3.05, 3.63) is 59.0 Å². The fourth-order valence-corrected chi connectivity index (χ4v) is 4.37. The highest BCUT2D eigenvalue weighted by Gasteiger charge is 2.36. The van der Waals surface area contributed by atoms with Gasteiger partial charge in [-0.15, -0.1) is 0 Å². The van der Waals surface area contributed by atoms with E-state index in [9.17, 15) is 19.2 Å². The van der Waals surface area contributed by atoms with E-state index < -0.39 is 24.4 Å². The van der Waals surface area contributed by atoms with Crippen molar-refractivity contribution in [1.29, 1.82) is 0 Å². The Bertz CT molecular complexity index is 1040. The highest BCUT2D eigenvalue weighted by molar-refractivity contribution is 6.21. The number of benzene rings is 1. The first-order chi connectivity index (χ1) is 15.3. The third-order valence-corrected chi connectivity index (χ3v) is 6.49. The molecule has 2 aliphatic rings. The maximum absolute atomic E-state index is 12.7. The van der Waals surface area contributed by atoms with E-state index in [1.54, 1.807) is 12.1 Å². The van der Waals surface area contributed by atoms with Crippen LogP contribution in [0.15, 0.2) is 41.0 Å². The number of hydrogen-bond donors (Lipinski definition) is 1. The Kier molecular flexibility index (Phi) is 6.12. The van der Waals surface area contributed by atoms with Crippen LogP contribution in [0.4, 0.5) is 0 Å². The maximum atomic E-state index is 12.7. The second kappa shape index (κ2) is 8.98. The number of hydrogen-bond acceptors (Lipinski definition) is 6. The van der Waals surface area contributed by atoms with E-state index in [0.29, 0.717) is 17.6 Å². The Balaban J connectivity index is 1.37. The van der Waals surface area contributed by atoms with Crippen LogP contribution in [0.5, 0.6) is 0 Å². The molecule has 2 heterocycles. The molecule has 168 valence electrons. The summed E-state index contributed by atoms with van der Waals surface area (Å²) in [7, 11) is 0. The summed E-state index contributed by atoms with van der Waals surface area (Å²) in [5.41, 5.74) is 0.457. The van der Waals surface area contributed by atoms with E-state index in [0.717, 1.165) is 24.2 Å². The van der Waals surface area contributed by atoms with E-state index in [1.165, 1.54) is 24.5 Å². The van der Waals surface area contributed by atoms with Crippen molar-refractivity contribution >= 4 is 23.7 Å². The molecule has 2 aromatic rings. The van der Waals surface area contributed by atoms with E-state index in [-0.39, 0.29) is 35.2 Å². The van der Waals surface area contributed by atoms with Crippen LogP contribution in [0, 0.1) is 11.8 Å². The van der Waals surface area contributed by atoms with Gasteiger partial charge in [0.15, 0.2) is 6.61 Å². The van der Waals surface area contributed by atoms with E-state index in [1.807, 2.05) is 0 Å². The molecule has 1 aliphatic heterocycles. The molecule has 3 atom stereocenters. The van der Waals surface area contributed by atoms with Gasteiger partial charge in [0.2, 0.25) is 0 Å². The van der Waals surface area contributed by atoms with Crippen molar-refractivity contribution in [1.82, 2.24) is 10.2 Å². The number of nitrogens with zero attached hydrogens (tertiary/aromatic N) is 1. The molecule has 1 saturated carbocycles. The molecule has 3 amide bonds. The highest BCUT2D eigenvalue weighted by Crippen LogP contribution is 2.29. The number of ether oxygens (including phenoxy) is 1. The van der Waals surface area contributed by atoms with Crippen LogP contribution in [-0.4, -0.2) is 41.2 Å². The summed E-state index contributed by atoms with van der Waals surface area (Å²) in [6.07, 6.45) is 4.60. The molecular weight excluding hydrogens is 412 g/mol. The van der Waals surface area contributed by atoms with Crippen molar-refractivity contribution in [2.24, 2.45) is 11.8 Å². The van der Waals surface area contributed by atoms with Gasteiger partial charge in [-0.05, 0) is 48.6 Å². The first-order valence-corrected chi connectivity index (χ1v) is 10.8. The monoisotopic (exact) mass is 438 g/mol. The summed E-state index contributed by atoms with van der Waals surface area (Å²) in [6.45, 7) is 3.92. The zero-order valence-electron chi connectivity index (χ0n) is 18.1. The van der Waals surface area contributed by atoms with E-state index >= 15 is 0 Å². The second-order valence-electron chi connectivity index (χ2n) is 8.55. The van der Waals surface area contributed by atoms with Crippen molar-refractivity contribution in [3.8, 4) is 0 Å². The van der Waals surface area contributed by atoms with Gasteiger partial charge in [-0.1, -0.05) is 26.7 Å². The van der Waals surface area contributed by atoms with Crippen LogP contribution in [0.25, 0.3) is 0 Å². The topological polar surface area (TPSA) is 106 Å². The standard InChI is InChI=1S/C24H26N2O6/c1-14-5-3-7-20(15(14)2)25-21(27)13-32-24(30)16-8-9-18-19(11-16)23(29)26(22(18)28)12-17-6-4-10-31-17/h4,6,8-11,14-15,20H,3,5,7,12-13H2,1-2H3,(H,25,27)/t14-,15+,20+/m0/s1. The summed E-state index contributed by atoms with van der Waals surface area (Å²) in [5, 5.41) is 2.96. The highest BCUT2D eigenvalue weighted by atomic mass is 16.5. The molecule has 8 nitrogen and oxygen atoms in total. The molecule has 0 unspecified atom stereocenters. The third-order valence-electron chi connectivity index (χ3n) is 6.49. The number of imide groups is 1. The number of carbonyl (C=O) groups is 4. The molecular formula is C24H26N2O6. The molecule has 1 fully saturated rings. The van der Waals surface area contributed by atoms with Crippen LogP contribution >= 0.6 is 0 Å². The summed E-state index contributed by atoms with van der Waals surface area (Å²) in [5.74, 6) is -0.639. The smallest absolute Gasteiger partial charge is 0.338 e. The van der Waals surface area contributed by atoms with E-state index in [2.05, 4.69) is 19.2 Å². The lowest BCUT2D eigenvalue weighted by Crippen LogP contribution is -2.45. The van der Waals surface area contributed by atoms with Crippen molar-refractivity contribution in [2.45, 2.75) is 45.7 Å². The Morgan fingerprint density at radius 1 is 1.12 bits per heavy atom. The zero-order valence-corrected chi connectivity index (χ0v) is 18.1. The first-order valence-electron chi connectivity index (χ1n) is 10.8. The molecule has 1 aliphatic carbocycles. The van der Waals surface area contributed by atoms with E-state index in [4.69, 9.17) is 9.15 Å². The minimum absolute atomic E-state index is 0.0114. The Morgan fingerprint density at radius 3 is 2.66 bits per heavy atom. The normalized spacial score (nSPS) is 22.6. The average Bonchev–Trinajstić information content (AvgIpc) is 3.38. The molecule has 1 aromatic carbocycles. The van der Waals surface area contributed by atoms with Crippen LogP contribution in [0.2, 0.25) is 0 Å². The molecule has 4 rings (SSSR count).